The second-order valence-electron chi connectivity index (χ2n) is 8.01. The van der Waals surface area contributed by atoms with Gasteiger partial charge in [0.1, 0.15) is 11.4 Å². The zero-order chi connectivity index (χ0) is 21.6. The van der Waals surface area contributed by atoms with Crippen molar-refractivity contribution in [2.45, 2.75) is 38.5 Å². The molecule has 1 atom stereocenters. The smallest absolute Gasteiger partial charge is 0.222 e. The molecule has 4 rings (SSSR count). The van der Waals surface area contributed by atoms with Crippen LogP contribution in [-0.4, -0.2) is 51.7 Å². The van der Waals surface area contributed by atoms with Gasteiger partial charge in [-0.05, 0) is 31.9 Å². The molecule has 0 saturated heterocycles. The van der Waals surface area contributed by atoms with Gasteiger partial charge in [-0.2, -0.15) is 5.10 Å². The maximum atomic E-state index is 10.5. The van der Waals surface area contributed by atoms with Gasteiger partial charge in [-0.1, -0.05) is 48.5 Å². The molecule has 0 amide bonds. The zero-order valence-electron chi connectivity index (χ0n) is 18.3. The predicted octanol–water partition coefficient (Wildman–Crippen LogP) is 4.24. The Labute approximate surface area is 184 Å². The third-order valence-corrected chi connectivity index (χ3v) is 5.48. The zero-order valence-corrected chi connectivity index (χ0v) is 18.3. The first-order valence-electron chi connectivity index (χ1n) is 11.0. The van der Waals surface area contributed by atoms with E-state index < -0.39 is 6.10 Å². The second-order valence-corrected chi connectivity index (χ2v) is 8.01. The summed E-state index contributed by atoms with van der Waals surface area (Å²) in [4.78, 5) is 2.34. The van der Waals surface area contributed by atoms with Crippen molar-refractivity contribution < 1.29 is 14.6 Å². The average Bonchev–Trinajstić information content (AvgIpc) is 3.60. The molecule has 0 aliphatic heterocycles. The van der Waals surface area contributed by atoms with Crippen LogP contribution in [0.15, 0.2) is 60.7 Å². The summed E-state index contributed by atoms with van der Waals surface area (Å²) in [6.45, 7) is 4.13. The third kappa shape index (κ3) is 5.53. The number of aliphatic hydroxyl groups is 1. The van der Waals surface area contributed by atoms with Crippen molar-refractivity contribution in [1.29, 1.82) is 0 Å². The van der Waals surface area contributed by atoms with Gasteiger partial charge < -0.3 is 14.6 Å². The van der Waals surface area contributed by atoms with Crippen LogP contribution in [0.4, 0.5) is 0 Å². The number of hydrogen-bond donors (Lipinski definition) is 1. The van der Waals surface area contributed by atoms with E-state index in [0.717, 1.165) is 41.3 Å². The summed E-state index contributed by atoms with van der Waals surface area (Å²) in [6.07, 6.45) is 1.78. The van der Waals surface area contributed by atoms with E-state index in [1.807, 2.05) is 67.2 Å². The minimum absolute atomic E-state index is 0.353. The number of ether oxygens (including phenoxy) is 2. The fourth-order valence-electron chi connectivity index (χ4n) is 3.81. The molecule has 6 heteroatoms. The summed E-state index contributed by atoms with van der Waals surface area (Å²) in [5.41, 5.74) is 3.01. The standard InChI is InChI=1S/C25H31N3O3/c1-3-30-18-21(29)16-28(20-14-15-20)17-23-24(19-10-6-4-7-11-19)26-27(2)25(23)31-22-12-8-5-9-13-22/h4-13,20-21,29H,3,14-18H2,1-2H3/t21-/m1/s1. The molecule has 1 aliphatic carbocycles. The van der Waals surface area contributed by atoms with Crippen molar-refractivity contribution >= 4 is 0 Å². The quantitative estimate of drug-likeness (QED) is 0.502. The maximum Gasteiger partial charge on any atom is 0.222 e. The van der Waals surface area contributed by atoms with Crippen molar-refractivity contribution in [3.05, 3.63) is 66.2 Å². The van der Waals surface area contributed by atoms with E-state index in [4.69, 9.17) is 14.6 Å². The fraction of sp³-hybridized carbons (Fsp3) is 0.400. The van der Waals surface area contributed by atoms with Crippen LogP contribution < -0.4 is 4.74 Å². The predicted molar refractivity (Wildman–Crippen MR) is 121 cm³/mol. The van der Waals surface area contributed by atoms with Crippen LogP contribution in [0.5, 0.6) is 11.6 Å². The first kappa shape index (κ1) is 21.6. The van der Waals surface area contributed by atoms with Gasteiger partial charge in [0.15, 0.2) is 0 Å². The molecule has 1 aliphatic rings. The lowest BCUT2D eigenvalue weighted by Crippen LogP contribution is -2.36. The first-order chi connectivity index (χ1) is 15.2. The van der Waals surface area contributed by atoms with E-state index in [2.05, 4.69) is 17.0 Å². The van der Waals surface area contributed by atoms with Crippen LogP contribution in [0.3, 0.4) is 0 Å². The molecule has 1 heterocycles. The Morgan fingerprint density at radius 2 is 1.77 bits per heavy atom. The van der Waals surface area contributed by atoms with Crippen molar-refractivity contribution in [3.8, 4) is 22.9 Å². The highest BCUT2D eigenvalue weighted by Crippen LogP contribution is 2.37. The normalized spacial score (nSPS) is 14.7. The number of nitrogens with zero attached hydrogens (tertiary/aromatic N) is 3. The van der Waals surface area contributed by atoms with Gasteiger partial charge in [0, 0.05) is 38.3 Å². The van der Waals surface area contributed by atoms with Gasteiger partial charge in [0.25, 0.3) is 0 Å². The third-order valence-electron chi connectivity index (χ3n) is 5.48. The van der Waals surface area contributed by atoms with Crippen molar-refractivity contribution in [3.63, 3.8) is 0 Å². The summed E-state index contributed by atoms with van der Waals surface area (Å²) in [6, 6.07) is 20.5. The molecule has 0 bridgehead atoms. The Hall–Kier alpha value is -2.67. The van der Waals surface area contributed by atoms with E-state index >= 15 is 0 Å². The van der Waals surface area contributed by atoms with Gasteiger partial charge in [-0.15, -0.1) is 0 Å². The van der Waals surface area contributed by atoms with Crippen LogP contribution in [0, 0.1) is 0 Å². The second kappa shape index (κ2) is 10.1. The molecule has 0 unspecified atom stereocenters. The van der Waals surface area contributed by atoms with Crippen LogP contribution in [0.25, 0.3) is 11.3 Å². The number of hydrogen-bond acceptors (Lipinski definition) is 5. The number of para-hydroxylation sites is 1. The van der Waals surface area contributed by atoms with E-state index in [-0.39, 0.29) is 0 Å². The van der Waals surface area contributed by atoms with Crippen molar-refractivity contribution in [1.82, 2.24) is 14.7 Å². The molecule has 3 aromatic rings. The lowest BCUT2D eigenvalue weighted by Gasteiger charge is -2.25. The summed E-state index contributed by atoms with van der Waals surface area (Å²) in [5, 5.41) is 15.3. The highest BCUT2D eigenvalue weighted by molar-refractivity contribution is 5.65. The number of aliphatic hydroxyl groups excluding tert-OH is 1. The monoisotopic (exact) mass is 421 g/mol. The Morgan fingerprint density at radius 1 is 1.10 bits per heavy atom. The Balaban J connectivity index is 1.66. The summed E-state index contributed by atoms with van der Waals surface area (Å²) in [7, 11) is 1.92. The average molecular weight is 422 g/mol. The van der Waals surface area contributed by atoms with Gasteiger partial charge in [0.2, 0.25) is 5.88 Å². The summed E-state index contributed by atoms with van der Waals surface area (Å²) in [5.74, 6) is 1.51. The fourth-order valence-corrected chi connectivity index (χ4v) is 3.81. The van der Waals surface area contributed by atoms with Gasteiger partial charge in [-0.3, -0.25) is 4.90 Å². The van der Waals surface area contributed by atoms with E-state index in [1.54, 1.807) is 0 Å². The Morgan fingerprint density at radius 3 is 2.42 bits per heavy atom. The van der Waals surface area contributed by atoms with Crippen LogP contribution in [0.1, 0.15) is 25.3 Å². The van der Waals surface area contributed by atoms with E-state index in [0.29, 0.717) is 32.3 Å². The van der Waals surface area contributed by atoms with Crippen LogP contribution in [-0.2, 0) is 18.3 Å². The molecule has 0 radical (unpaired) electrons. The lowest BCUT2D eigenvalue weighted by molar-refractivity contribution is 0.0178. The van der Waals surface area contributed by atoms with Crippen molar-refractivity contribution in [2.75, 3.05) is 19.8 Å². The highest BCUT2D eigenvalue weighted by Gasteiger charge is 2.33. The minimum atomic E-state index is -0.518. The molecule has 6 nitrogen and oxygen atoms in total. The highest BCUT2D eigenvalue weighted by atomic mass is 16.5. The SMILES string of the molecule is CCOC[C@H](O)CN(Cc1c(-c2ccccc2)nn(C)c1Oc1ccccc1)C1CC1. The summed E-state index contributed by atoms with van der Waals surface area (Å²) < 4.78 is 13.5. The molecule has 31 heavy (non-hydrogen) atoms. The molecule has 164 valence electrons. The van der Waals surface area contributed by atoms with Gasteiger partial charge >= 0.3 is 0 Å². The summed E-state index contributed by atoms with van der Waals surface area (Å²) >= 11 is 0. The molecule has 1 saturated carbocycles. The van der Waals surface area contributed by atoms with Gasteiger partial charge in [-0.25, -0.2) is 4.68 Å². The lowest BCUT2D eigenvalue weighted by atomic mass is 10.1. The molecule has 0 spiro atoms. The van der Waals surface area contributed by atoms with Crippen LogP contribution >= 0.6 is 0 Å². The minimum Gasteiger partial charge on any atom is -0.439 e. The Kier molecular flexibility index (Phi) is 7.02. The van der Waals surface area contributed by atoms with Crippen molar-refractivity contribution in [2.24, 2.45) is 7.05 Å². The van der Waals surface area contributed by atoms with E-state index in [1.165, 1.54) is 0 Å². The Bertz CT molecular complexity index is 955. The largest absolute Gasteiger partial charge is 0.439 e. The molecule has 2 aromatic carbocycles. The maximum absolute atomic E-state index is 10.5. The van der Waals surface area contributed by atoms with Crippen LogP contribution in [0.2, 0.25) is 0 Å². The number of aromatic nitrogens is 2. The number of rotatable bonds is 11. The number of benzene rings is 2. The first-order valence-corrected chi connectivity index (χ1v) is 11.0. The molecule has 1 aromatic heterocycles. The molecule has 1 fully saturated rings. The molecular formula is C25H31N3O3. The number of aryl methyl sites for hydroxylation is 1. The molecular weight excluding hydrogens is 390 g/mol. The van der Waals surface area contributed by atoms with Gasteiger partial charge in [0.05, 0.1) is 18.3 Å². The molecule has 1 N–H and O–H groups in total. The topological polar surface area (TPSA) is 59.8 Å². The van der Waals surface area contributed by atoms with E-state index in [9.17, 15) is 5.11 Å².